The molecule has 1 atom stereocenters. The number of rotatable bonds is 5. The third-order valence-electron chi connectivity index (χ3n) is 2.64. The molecule has 1 unspecified atom stereocenters. The summed E-state index contributed by atoms with van der Waals surface area (Å²) in [5.74, 6) is 0.680. The van der Waals surface area contributed by atoms with Crippen LogP contribution in [0.25, 0.3) is 0 Å². The fourth-order valence-corrected chi connectivity index (χ4v) is 2.23. The lowest BCUT2D eigenvalue weighted by Crippen LogP contribution is -2.31. The molecule has 0 aromatic heterocycles. The SMILES string of the molecule is CSCC(C)N(C)c1ccc(CO)cc1F. The van der Waals surface area contributed by atoms with Gasteiger partial charge in [0.1, 0.15) is 5.82 Å². The van der Waals surface area contributed by atoms with E-state index >= 15 is 0 Å². The standard InChI is InChI=1S/C12H18FNOS/c1-9(8-16-3)14(2)12-5-4-10(7-15)6-11(12)13/h4-6,9,15H,7-8H2,1-3H3. The molecule has 0 amide bonds. The first-order valence-electron chi connectivity index (χ1n) is 5.21. The lowest BCUT2D eigenvalue weighted by molar-refractivity contribution is 0.281. The molecular weight excluding hydrogens is 225 g/mol. The Balaban J connectivity index is 2.87. The molecule has 0 fully saturated rings. The summed E-state index contributed by atoms with van der Waals surface area (Å²) >= 11 is 1.74. The van der Waals surface area contributed by atoms with Gasteiger partial charge in [0.25, 0.3) is 0 Å². The lowest BCUT2D eigenvalue weighted by Gasteiger charge is -2.27. The predicted molar refractivity (Wildman–Crippen MR) is 68.6 cm³/mol. The maximum atomic E-state index is 13.7. The van der Waals surface area contributed by atoms with Crippen molar-refractivity contribution in [2.45, 2.75) is 19.6 Å². The van der Waals surface area contributed by atoms with Crippen molar-refractivity contribution in [1.29, 1.82) is 0 Å². The van der Waals surface area contributed by atoms with Crippen molar-refractivity contribution in [2.24, 2.45) is 0 Å². The summed E-state index contributed by atoms with van der Waals surface area (Å²) < 4.78 is 13.7. The third-order valence-corrected chi connectivity index (χ3v) is 3.46. The maximum Gasteiger partial charge on any atom is 0.146 e. The number of benzene rings is 1. The van der Waals surface area contributed by atoms with Crippen molar-refractivity contribution in [2.75, 3.05) is 24.0 Å². The Labute approximate surface area is 100 Å². The first-order valence-corrected chi connectivity index (χ1v) is 6.60. The summed E-state index contributed by atoms with van der Waals surface area (Å²) in [5, 5.41) is 8.90. The number of hydrogen-bond donors (Lipinski definition) is 1. The fraction of sp³-hybridized carbons (Fsp3) is 0.500. The maximum absolute atomic E-state index is 13.7. The molecule has 1 rings (SSSR count). The molecule has 16 heavy (non-hydrogen) atoms. The Morgan fingerprint density at radius 3 is 2.69 bits per heavy atom. The molecule has 90 valence electrons. The molecule has 0 aliphatic heterocycles. The van der Waals surface area contributed by atoms with Crippen molar-refractivity contribution in [3.05, 3.63) is 29.6 Å². The molecule has 0 spiro atoms. The molecule has 0 aliphatic carbocycles. The minimum absolute atomic E-state index is 0.124. The van der Waals surface area contributed by atoms with E-state index in [9.17, 15) is 4.39 Å². The van der Waals surface area contributed by atoms with E-state index in [1.807, 2.05) is 18.2 Å². The Kier molecular flexibility index (Phi) is 5.09. The zero-order valence-electron chi connectivity index (χ0n) is 9.90. The number of aliphatic hydroxyl groups excluding tert-OH is 1. The molecule has 0 saturated carbocycles. The third kappa shape index (κ3) is 3.12. The molecule has 1 aromatic rings. The van der Waals surface area contributed by atoms with Crippen molar-refractivity contribution in [3.8, 4) is 0 Å². The molecule has 0 radical (unpaired) electrons. The van der Waals surface area contributed by atoms with Crippen LogP contribution in [0.1, 0.15) is 12.5 Å². The monoisotopic (exact) mass is 243 g/mol. The van der Waals surface area contributed by atoms with Gasteiger partial charge in [-0.2, -0.15) is 11.8 Å². The first-order chi connectivity index (χ1) is 7.60. The Hall–Kier alpha value is -0.740. The minimum Gasteiger partial charge on any atom is -0.392 e. The van der Waals surface area contributed by atoms with Gasteiger partial charge in [-0.25, -0.2) is 4.39 Å². The van der Waals surface area contributed by atoms with Gasteiger partial charge in [0.05, 0.1) is 12.3 Å². The van der Waals surface area contributed by atoms with Gasteiger partial charge >= 0.3 is 0 Å². The normalized spacial score (nSPS) is 12.6. The van der Waals surface area contributed by atoms with E-state index in [-0.39, 0.29) is 18.5 Å². The molecule has 0 saturated heterocycles. The Morgan fingerprint density at radius 1 is 1.50 bits per heavy atom. The minimum atomic E-state index is -0.276. The molecule has 1 aromatic carbocycles. The zero-order chi connectivity index (χ0) is 12.1. The topological polar surface area (TPSA) is 23.5 Å². The quantitative estimate of drug-likeness (QED) is 0.859. The van der Waals surface area contributed by atoms with Crippen LogP contribution in [0.5, 0.6) is 0 Å². The van der Waals surface area contributed by atoms with Crippen molar-refractivity contribution in [3.63, 3.8) is 0 Å². The molecule has 0 bridgehead atoms. The number of halogens is 1. The number of aliphatic hydroxyl groups is 1. The van der Waals surface area contributed by atoms with Crippen LogP contribution in [-0.2, 0) is 6.61 Å². The van der Waals surface area contributed by atoms with Crippen LogP contribution in [0.4, 0.5) is 10.1 Å². The summed E-state index contributed by atoms with van der Waals surface area (Å²) in [6.07, 6.45) is 2.04. The summed E-state index contributed by atoms with van der Waals surface area (Å²) in [4.78, 5) is 1.92. The second-order valence-electron chi connectivity index (χ2n) is 3.86. The second-order valence-corrected chi connectivity index (χ2v) is 4.77. The average Bonchev–Trinajstić information content (AvgIpc) is 2.28. The molecule has 4 heteroatoms. The van der Waals surface area contributed by atoms with E-state index < -0.39 is 0 Å². The zero-order valence-corrected chi connectivity index (χ0v) is 10.7. The molecular formula is C12H18FNOS. The van der Waals surface area contributed by atoms with Gasteiger partial charge in [-0.3, -0.25) is 0 Å². The average molecular weight is 243 g/mol. The number of thioether (sulfide) groups is 1. The number of anilines is 1. The van der Waals surface area contributed by atoms with Crippen LogP contribution in [-0.4, -0.2) is 30.2 Å². The molecule has 0 aliphatic rings. The Morgan fingerprint density at radius 2 is 2.19 bits per heavy atom. The first kappa shape index (κ1) is 13.3. The van der Waals surface area contributed by atoms with Crippen LogP contribution in [0.2, 0.25) is 0 Å². The highest BCUT2D eigenvalue weighted by Gasteiger charge is 2.13. The van der Waals surface area contributed by atoms with E-state index in [4.69, 9.17) is 5.11 Å². The van der Waals surface area contributed by atoms with Gasteiger partial charge in [-0.15, -0.1) is 0 Å². The van der Waals surface area contributed by atoms with Crippen LogP contribution in [0.3, 0.4) is 0 Å². The Bertz CT molecular complexity index is 346. The highest BCUT2D eigenvalue weighted by Crippen LogP contribution is 2.22. The van der Waals surface area contributed by atoms with Gasteiger partial charge in [0.2, 0.25) is 0 Å². The van der Waals surface area contributed by atoms with E-state index in [2.05, 4.69) is 6.92 Å². The van der Waals surface area contributed by atoms with Gasteiger partial charge < -0.3 is 10.0 Å². The van der Waals surface area contributed by atoms with Crippen LogP contribution >= 0.6 is 11.8 Å². The van der Waals surface area contributed by atoms with Crippen LogP contribution in [0, 0.1) is 5.82 Å². The summed E-state index contributed by atoms with van der Waals surface area (Å²) in [6, 6.07) is 5.14. The smallest absolute Gasteiger partial charge is 0.146 e. The summed E-state index contributed by atoms with van der Waals surface area (Å²) in [7, 11) is 1.89. The van der Waals surface area contributed by atoms with Crippen LogP contribution in [0.15, 0.2) is 18.2 Å². The number of hydrogen-bond acceptors (Lipinski definition) is 3. The van der Waals surface area contributed by atoms with E-state index in [0.717, 1.165) is 5.75 Å². The molecule has 0 heterocycles. The van der Waals surface area contributed by atoms with Crippen molar-refractivity contribution < 1.29 is 9.50 Å². The van der Waals surface area contributed by atoms with Crippen molar-refractivity contribution >= 4 is 17.4 Å². The van der Waals surface area contributed by atoms with Gasteiger partial charge in [-0.05, 0) is 30.9 Å². The second kappa shape index (κ2) is 6.11. The molecule has 2 nitrogen and oxygen atoms in total. The van der Waals surface area contributed by atoms with E-state index in [1.54, 1.807) is 23.9 Å². The van der Waals surface area contributed by atoms with Crippen molar-refractivity contribution in [1.82, 2.24) is 0 Å². The fourth-order valence-electron chi connectivity index (χ4n) is 1.53. The largest absolute Gasteiger partial charge is 0.392 e. The highest BCUT2D eigenvalue weighted by molar-refractivity contribution is 7.98. The summed E-state index contributed by atoms with van der Waals surface area (Å²) in [6.45, 7) is 1.94. The van der Waals surface area contributed by atoms with Gasteiger partial charge in [-0.1, -0.05) is 6.07 Å². The summed E-state index contributed by atoms with van der Waals surface area (Å²) in [5.41, 5.74) is 1.19. The van der Waals surface area contributed by atoms with E-state index in [0.29, 0.717) is 11.3 Å². The van der Waals surface area contributed by atoms with Crippen LogP contribution < -0.4 is 4.90 Å². The van der Waals surface area contributed by atoms with Gasteiger partial charge in [0, 0.05) is 18.8 Å². The van der Waals surface area contributed by atoms with E-state index in [1.165, 1.54) is 6.07 Å². The predicted octanol–water partition coefficient (Wildman–Crippen LogP) is 2.51. The highest BCUT2D eigenvalue weighted by atomic mass is 32.2. The number of nitrogens with zero attached hydrogens (tertiary/aromatic N) is 1. The lowest BCUT2D eigenvalue weighted by atomic mass is 10.2. The van der Waals surface area contributed by atoms with Gasteiger partial charge in [0.15, 0.2) is 0 Å². The molecule has 1 N–H and O–H groups in total.